The highest BCUT2D eigenvalue weighted by Gasteiger charge is 2.21. The van der Waals surface area contributed by atoms with E-state index < -0.39 is 0 Å². The zero-order valence-electron chi connectivity index (χ0n) is 16.0. The summed E-state index contributed by atoms with van der Waals surface area (Å²) in [4.78, 5) is 28.4. The molecule has 4 rings (SSSR count). The third-order valence-electron chi connectivity index (χ3n) is 5.23. The summed E-state index contributed by atoms with van der Waals surface area (Å²) in [5, 5.41) is 0. The number of rotatable bonds is 6. The molecule has 0 aromatic heterocycles. The van der Waals surface area contributed by atoms with Crippen LogP contribution in [0.2, 0.25) is 0 Å². The molecule has 2 heterocycles. The van der Waals surface area contributed by atoms with E-state index in [2.05, 4.69) is 0 Å². The summed E-state index contributed by atoms with van der Waals surface area (Å²) in [7, 11) is 0. The number of nitrogens with zero attached hydrogens (tertiary/aromatic N) is 2. The van der Waals surface area contributed by atoms with Gasteiger partial charge >= 0.3 is 0 Å². The van der Waals surface area contributed by atoms with E-state index in [1.807, 2.05) is 54.3 Å². The number of carbonyl (C=O) groups is 2. The molecule has 0 unspecified atom stereocenters. The van der Waals surface area contributed by atoms with E-state index >= 15 is 0 Å². The van der Waals surface area contributed by atoms with Crippen LogP contribution in [0.4, 0.5) is 0 Å². The van der Waals surface area contributed by atoms with Crippen molar-refractivity contribution in [3.8, 4) is 11.5 Å². The summed E-state index contributed by atoms with van der Waals surface area (Å²) in [6.07, 6.45) is 1.57. The molecule has 146 valence electrons. The van der Waals surface area contributed by atoms with E-state index in [-0.39, 0.29) is 18.6 Å². The van der Waals surface area contributed by atoms with E-state index in [9.17, 15) is 9.59 Å². The first kappa shape index (κ1) is 18.3. The Morgan fingerprint density at radius 1 is 1.07 bits per heavy atom. The van der Waals surface area contributed by atoms with Gasteiger partial charge in [-0.25, -0.2) is 0 Å². The smallest absolute Gasteiger partial charge is 0.254 e. The number of likely N-dealkylation sites (tertiary alicyclic amines) is 1. The van der Waals surface area contributed by atoms with Crippen molar-refractivity contribution in [2.75, 3.05) is 19.9 Å². The Morgan fingerprint density at radius 2 is 1.82 bits per heavy atom. The average Bonchev–Trinajstić information content (AvgIpc) is 3.34. The zero-order valence-corrected chi connectivity index (χ0v) is 16.0. The predicted octanol–water partition coefficient (Wildman–Crippen LogP) is 3.20. The Kier molecular flexibility index (Phi) is 5.19. The van der Waals surface area contributed by atoms with Gasteiger partial charge in [0, 0.05) is 38.2 Å². The summed E-state index contributed by atoms with van der Waals surface area (Å²) in [6, 6.07) is 13.3. The van der Waals surface area contributed by atoms with Crippen molar-refractivity contribution < 1.29 is 19.1 Å². The van der Waals surface area contributed by atoms with Crippen LogP contribution in [0, 0.1) is 0 Å². The standard InChI is InChI=1S/C22H24N2O4/c1-2-23(14-17-7-10-19-20(12-17)28-15-27-19)22(26)18-8-5-16(6-9-18)13-24-11-3-4-21(24)25/h5-10,12H,2-4,11,13-15H2,1H3. The summed E-state index contributed by atoms with van der Waals surface area (Å²) >= 11 is 0. The third-order valence-corrected chi connectivity index (χ3v) is 5.23. The molecule has 6 heteroatoms. The van der Waals surface area contributed by atoms with Crippen molar-refractivity contribution in [2.24, 2.45) is 0 Å². The van der Waals surface area contributed by atoms with Crippen molar-refractivity contribution in [3.05, 3.63) is 59.2 Å². The molecule has 2 aromatic carbocycles. The van der Waals surface area contributed by atoms with Crippen LogP contribution in [0.3, 0.4) is 0 Å². The fourth-order valence-electron chi connectivity index (χ4n) is 3.61. The number of hydrogen-bond acceptors (Lipinski definition) is 4. The quantitative estimate of drug-likeness (QED) is 0.772. The van der Waals surface area contributed by atoms with Gasteiger partial charge in [-0.15, -0.1) is 0 Å². The van der Waals surface area contributed by atoms with Gasteiger partial charge in [0.15, 0.2) is 11.5 Å². The first-order chi connectivity index (χ1) is 13.6. The maximum atomic E-state index is 12.9. The lowest BCUT2D eigenvalue weighted by Crippen LogP contribution is -2.30. The fourth-order valence-corrected chi connectivity index (χ4v) is 3.61. The number of amides is 2. The fraction of sp³-hybridized carbons (Fsp3) is 0.364. The lowest BCUT2D eigenvalue weighted by molar-refractivity contribution is -0.128. The molecule has 6 nitrogen and oxygen atoms in total. The molecule has 2 aliphatic rings. The molecule has 0 N–H and O–H groups in total. The van der Waals surface area contributed by atoms with Crippen LogP contribution in [0.1, 0.15) is 41.3 Å². The van der Waals surface area contributed by atoms with Gasteiger partial charge in [0.2, 0.25) is 12.7 Å². The molecular formula is C22H24N2O4. The Bertz CT molecular complexity index is 879. The van der Waals surface area contributed by atoms with Crippen LogP contribution in [0.15, 0.2) is 42.5 Å². The van der Waals surface area contributed by atoms with Crippen molar-refractivity contribution in [1.29, 1.82) is 0 Å². The highest BCUT2D eigenvalue weighted by molar-refractivity contribution is 5.94. The summed E-state index contributed by atoms with van der Waals surface area (Å²) in [5.74, 6) is 1.66. The average molecular weight is 380 g/mol. The van der Waals surface area contributed by atoms with Crippen molar-refractivity contribution in [3.63, 3.8) is 0 Å². The van der Waals surface area contributed by atoms with Crippen LogP contribution in [0.5, 0.6) is 11.5 Å². The van der Waals surface area contributed by atoms with E-state index in [1.54, 1.807) is 4.90 Å². The molecule has 2 aliphatic heterocycles. The van der Waals surface area contributed by atoms with Gasteiger partial charge < -0.3 is 19.3 Å². The highest BCUT2D eigenvalue weighted by atomic mass is 16.7. The molecule has 2 amide bonds. The lowest BCUT2D eigenvalue weighted by Gasteiger charge is -2.22. The Labute approximate surface area is 164 Å². The molecule has 28 heavy (non-hydrogen) atoms. The second-order valence-corrected chi connectivity index (χ2v) is 7.12. The number of hydrogen-bond donors (Lipinski definition) is 0. The number of benzene rings is 2. The van der Waals surface area contributed by atoms with Gasteiger partial charge in [0.1, 0.15) is 0 Å². The minimum Gasteiger partial charge on any atom is -0.454 e. The molecule has 0 aliphatic carbocycles. The lowest BCUT2D eigenvalue weighted by atomic mass is 10.1. The predicted molar refractivity (Wildman–Crippen MR) is 104 cm³/mol. The van der Waals surface area contributed by atoms with Gasteiger partial charge in [-0.2, -0.15) is 0 Å². The molecule has 0 spiro atoms. The minimum absolute atomic E-state index is 0.0102. The first-order valence-electron chi connectivity index (χ1n) is 9.68. The normalized spacial score (nSPS) is 15.2. The topological polar surface area (TPSA) is 59.1 Å². The number of ether oxygens (including phenoxy) is 2. The van der Waals surface area contributed by atoms with Crippen LogP contribution in [-0.4, -0.2) is 41.5 Å². The zero-order chi connectivity index (χ0) is 19.5. The van der Waals surface area contributed by atoms with Crippen molar-refractivity contribution in [2.45, 2.75) is 32.9 Å². The van der Waals surface area contributed by atoms with E-state index in [1.165, 1.54) is 0 Å². The third kappa shape index (κ3) is 3.81. The van der Waals surface area contributed by atoms with Crippen LogP contribution < -0.4 is 9.47 Å². The second kappa shape index (κ2) is 7.92. The summed E-state index contributed by atoms with van der Waals surface area (Å²) < 4.78 is 10.8. The van der Waals surface area contributed by atoms with Gasteiger partial charge in [-0.1, -0.05) is 18.2 Å². The molecule has 0 atom stereocenters. The van der Waals surface area contributed by atoms with E-state index in [0.717, 1.165) is 35.6 Å². The van der Waals surface area contributed by atoms with Gasteiger partial charge in [0.05, 0.1) is 0 Å². The Balaban J connectivity index is 1.42. The molecule has 1 fully saturated rings. The Hall–Kier alpha value is -3.02. The van der Waals surface area contributed by atoms with Crippen molar-refractivity contribution >= 4 is 11.8 Å². The largest absolute Gasteiger partial charge is 0.454 e. The minimum atomic E-state index is -0.0102. The molecule has 0 radical (unpaired) electrons. The number of carbonyl (C=O) groups excluding carboxylic acids is 2. The molecule has 1 saturated heterocycles. The van der Waals surface area contributed by atoms with E-state index in [0.29, 0.717) is 31.6 Å². The van der Waals surface area contributed by atoms with E-state index in [4.69, 9.17) is 9.47 Å². The number of fused-ring (bicyclic) bond motifs is 1. The van der Waals surface area contributed by atoms with Gasteiger partial charge in [-0.05, 0) is 48.7 Å². The van der Waals surface area contributed by atoms with Crippen molar-refractivity contribution in [1.82, 2.24) is 9.80 Å². The molecule has 0 bridgehead atoms. The first-order valence-corrected chi connectivity index (χ1v) is 9.68. The summed E-state index contributed by atoms with van der Waals surface area (Å²) in [5.41, 5.74) is 2.70. The van der Waals surface area contributed by atoms with Crippen LogP contribution >= 0.6 is 0 Å². The maximum absolute atomic E-state index is 12.9. The maximum Gasteiger partial charge on any atom is 0.254 e. The molecule has 0 saturated carbocycles. The van der Waals surface area contributed by atoms with Gasteiger partial charge in [-0.3, -0.25) is 9.59 Å². The molecular weight excluding hydrogens is 356 g/mol. The monoisotopic (exact) mass is 380 g/mol. The van der Waals surface area contributed by atoms with Crippen LogP contribution in [0.25, 0.3) is 0 Å². The van der Waals surface area contributed by atoms with Crippen LogP contribution in [-0.2, 0) is 17.9 Å². The summed E-state index contributed by atoms with van der Waals surface area (Å²) in [6.45, 7) is 4.76. The highest BCUT2D eigenvalue weighted by Crippen LogP contribution is 2.32. The van der Waals surface area contributed by atoms with Gasteiger partial charge in [0.25, 0.3) is 5.91 Å². The SMILES string of the molecule is CCN(Cc1ccc2c(c1)OCO2)C(=O)c1ccc(CN2CCCC2=O)cc1. The Morgan fingerprint density at radius 3 is 2.54 bits per heavy atom. The second-order valence-electron chi connectivity index (χ2n) is 7.12. The molecule has 2 aromatic rings.